The summed E-state index contributed by atoms with van der Waals surface area (Å²) < 4.78 is 31.6. The number of amides is 2. The Labute approximate surface area is 190 Å². The van der Waals surface area contributed by atoms with Crippen LogP contribution in [0.4, 0.5) is 4.79 Å². The van der Waals surface area contributed by atoms with Gasteiger partial charge in [0.25, 0.3) is 0 Å². The van der Waals surface area contributed by atoms with Gasteiger partial charge in [-0.2, -0.15) is 0 Å². The molecule has 0 saturated carbocycles. The summed E-state index contributed by atoms with van der Waals surface area (Å²) >= 11 is 0. The molecule has 2 atom stereocenters. The fourth-order valence-corrected chi connectivity index (χ4v) is 5.70. The zero-order valence-corrected chi connectivity index (χ0v) is 20.2. The summed E-state index contributed by atoms with van der Waals surface area (Å²) in [6.07, 6.45) is 1.86. The standard InChI is InChI=1S/C22H34N4O5S/c1-17-19(16-24-11-7-8-12-24)26(14-13-25(17)22(28)31-4)21(27)15-18-9-5-6-10-20(18)32(29,30)23(2)3/h5-6,9-10,17,19H,7-8,11-16H2,1-4H3. The Hall–Kier alpha value is -2.17. The highest BCUT2D eigenvalue weighted by molar-refractivity contribution is 7.89. The Kier molecular flexibility index (Phi) is 7.79. The smallest absolute Gasteiger partial charge is 0.409 e. The SMILES string of the molecule is COC(=O)N1CCN(C(=O)Cc2ccccc2S(=O)(=O)N(C)C)C(CN2CCCC2)C1C. The molecule has 2 aliphatic rings. The van der Waals surface area contributed by atoms with Gasteiger partial charge in [-0.3, -0.25) is 4.79 Å². The molecule has 0 N–H and O–H groups in total. The third-order valence-electron chi connectivity index (χ3n) is 6.48. The molecule has 0 bridgehead atoms. The van der Waals surface area contributed by atoms with E-state index in [-0.39, 0.29) is 29.3 Å². The Morgan fingerprint density at radius 1 is 1.06 bits per heavy atom. The molecule has 9 nitrogen and oxygen atoms in total. The normalized spacial score (nSPS) is 22.4. The molecule has 2 heterocycles. The number of sulfonamides is 1. The molecular weight excluding hydrogens is 432 g/mol. The van der Waals surface area contributed by atoms with E-state index in [0.29, 0.717) is 25.2 Å². The molecule has 10 heteroatoms. The molecule has 2 unspecified atom stereocenters. The van der Waals surface area contributed by atoms with E-state index in [2.05, 4.69) is 4.90 Å². The molecule has 0 spiro atoms. The van der Waals surface area contributed by atoms with E-state index >= 15 is 0 Å². The van der Waals surface area contributed by atoms with Crippen LogP contribution in [-0.4, -0.2) is 105 Å². The fourth-order valence-electron chi connectivity index (χ4n) is 4.58. The number of carbonyl (C=O) groups excluding carboxylic acids is 2. The lowest BCUT2D eigenvalue weighted by atomic mass is 10.0. The van der Waals surface area contributed by atoms with E-state index in [4.69, 9.17) is 4.74 Å². The van der Waals surface area contributed by atoms with Crippen LogP contribution in [0.5, 0.6) is 0 Å². The number of benzene rings is 1. The van der Waals surface area contributed by atoms with Gasteiger partial charge in [0.1, 0.15) is 0 Å². The third-order valence-corrected chi connectivity index (χ3v) is 8.39. The van der Waals surface area contributed by atoms with Crippen molar-refractivity contribution in [2.75, 3.05) is 53.9 Å². The number of hydrogen-bond donors (Lipinski definition) is 0. The largest absolute Gasteiger partial charge is 0.453 e. The van der Waals surface area contributed by atoms with E-state index in [1.165, 1.54) is 27.3 Å². The van der Waals surface area contributed by atoms with E-state index in [0.717, 1.165) is 30.2 Å². The number of likely N-dealkylation sites (tertiary alicyclic amines) is 1. The molecule has 32 heavy (non-hydrogen) atoms. The van der Waals surface area contributed by atoms with Crippen molar-refractivity contribution in [1.82, 2.24) is 19.0 Å². The second kappa shape index (κ2) is 10.2. The average molecular weight is 467 g/mol. The summed E-state index contributed by atoms with van der Waals surface area (Å²) in [5.41, 5.74) is 0.481. The molecule has 2 saturated heterocycles. The zero-order valence-electron chi connectivity index (χ0n) is 19.4. The molecule has 2 fully saturated rings. The van der Waals surface area contributed by atoms with Gasteiger partial charge in [-0.15, -0.1) is 0 Å². The number of hydrogen-bond acceptors (Lipinski definition) is 6. The number of methoxy groups -OCH3 is 1. The van der Waals surface area contributed by atoms with Crippen LogP contribution in [0, 0.1) is 0 Å². The minimum Gasteiger partial charge on any atom is -0.453 e. The van der Waals surface area contributed by atoms with Gasteiger partial charge in [-0.05, 0) is 44.5 Å². The van der Waals surface area contributed by atoms with Crippen LogP contribution in [0.2, 0.25) is 0 Å². The monoisotopic (exact) mass is 466 g/mol. The number of rotatable bonds is 6. The fraction of sp³-hybridized carbons (Fsp3) is 0.636. The molecule has 2 aliphatic heterocycles. The highest BCUT2D eigenvalue weighted by atomic mass is 32.2. The van der Waals surface area contributed by atoms with Gasteiger partial charge in [0, 0.05) is 33.7 Å². The van der Waals surface area contributed by atoms with Crippen LogP contribution in [0.3, 0.4) is 0 Å². The lowest BCUT2D eigenvalue weighted by molar-refractivity contribution is -0.137. The van der Waals surface area contributed by atoms with Crippen molar-refractivity contribution >= 4 is 22.0 Å². The first-order valence-electron chi connectivity index (χ1n) is 11.0. The first-order chi connectivity index (χ1) is 15.2. The summed E-state index contributed by atoms with van der Waals surface area (Å²) in [5, 5.41) is 0. The molecule has 0 radical (unpaired) electrons. The van der Waals surface area contributed by atoms with Crippen LogP contribution in [-0.2, 0) is 26.0 Å². The average Bonchev–Trinajstić information content (AvgIpc) is 3.28. The van der Waals surface area contributed by atoms with Crippen LogP contribution in [0.15, 0.2) is 29.2 Å². The summed E-state index contributed by atoms with van der Waals surface area (Å²) in [6, 6.07) is 6.25. The molecule has 0 aliphatic carbocycles. The van der Waals surface area contributed by atoms with Crippen molar-refractivity contribution in [3.8, 4) is 0 Å². The van der Waals surface area contributed by atoms with Gasteiger partial charge in [0.05, 0.1) is 30.5 Å². The molecule has 0 aromatic heterocycles. The van der Waals surface area contributed by atoms with E-state index in [9.17, 15) is 18.0 Å². The van der Waals surface area contributed by atoms with Gasteiger partial charge in [-0.1, -0.05) is 18.2 Å². The number of carbonyl (C=O) groups is 2. The van der Waals surface area contributed by atoms with Crippen molar-refractivity contribution in [3.63, 3.8) is 0 Å². The summed E-state index contributed by atoms with van der Waals surface area (Å²) in [6.45, 7) is 5.35. The van der Waals surface area contributed by atoms with Crippen molar-refractivity contribution in [1.29, 1.82) is 0 Å². The molecule has 1 aromatic rings. The first-order valence-corrected chi connectivity index (χ1v) is 12.5. The van der Waals surface area contributed by atoms with Crippen LogP contribution >= 0.6 is 0 Å². The number of ether oxygens (including phenoxy) is 1. The predicted molar refractivity (Wildman–Crippen MR) is 121 cm³/mol. The highest BCUT2D eigenvalue weighted by Crippen LogP contribution is 2.24. The van der Waals surface area contributed by atoms with Crippen molar-refractivity contribution in [2.24, 2.45) is 0 Å². The van der Waals surface area contributed by atoms with E-state index in [1.807, 2.05) is 11.8 Å². The minimum atomic E-state index is -3.67. The highest BCUT2D eigenvalue weighted by Gasteiger charge is 2.40. The lowest BCUT2D eigenvalue weighted by Crippen LogP contribution is -2.64. The van der Waals surface area contributed by atoms with Crippen molar-refractivity contribution in [3.05, 3.63) is 29.8 Å². The molecular formula is C22H34N4O5S. The Morgan fingerprint density at radius 2 is 1.69 bits per heavy atom. The van der Waals surface area contributed by atoms with E-state index in [1.54, 1.807) is 23.1 Å². The van der Waals surface area contributed by atoms with Gasteiger partial charge >= 0.3 is 6.09 Å². The topological polar surface area (TPSA) is 90.5 Å². The quantitative estimate of drug-likeness (QED) is 0.627. The van der Waals surface area contributed by atoms with Gasteiger partial charge < -0.3 is 19.4 Å². The van der Waals surface area contributed by atoms with Gasteiger partial charge in [0.2, 0.25) is 15.9 Å². The predicted octanol–water partition coefficient (Wildman–Crippen LogP) is 1.24. The number of nitrogens with zero attached hydrogens (tertiary/aromatic N) is 4. The maximum atomic E-state index is 13.5. The summed E-state index contributed by atoms with van der Waals surface area (Å²) in [5.74, 6) is -0.132. The van der Waals surface area contributed by atoms with Gasteiger partial charge in [0.15, 0.2) is 0 Å². The maximum Gasteiger partial charge on any atom is 0.409 e. The van der Waals surface area contributed by atoms with Crippen molar-refractivity contribution in [2.45, 2.75) is 43.2 Å². The second-order valence-corrected chi connectivity index (χ2v) is 10.8. The summed E-state index contributed by atoms with van der Waals surface area (Å²) in [7, 11) is 0.660. The van der Waals surface area contributed by atoms with E-state index < -0.39 is 16.1 Å². The first kappa shape index (κ1) is 24.5. The Bertz CT molecular complexity index is 930. The summed E-state index contributed by atoms with van der Waals surface area (Å²) in [4.78, 5) is 31.7. The Balaban J connectivity index is 1.85. The Morgan fingerprint density at radius 3 is 2.31 bits per heavy atom. The van der Waals surface area contributed by atoms with Crippen LogP contribution in [0.25, 0.3) is 0 Å². The van der Waals surface area contributed by atoms with Crippen LogP contribution in [0.1, 0.15) is 25.3 Å². The zero-order chi connectivity index (χ0) is 23.5. The molecule has 178 valence electrons. The lowest BCUT2D eigenvalue weighted by Gasteiger charge is -2.47. The van der Waals surface area contributed by atoms with Crippen molar-refractivity contribution < 1.29 is 22.7 Å². The van der Waals surface area contributed by atoms with Gasteiger partial charge in [-0.25, -0.2) is 17.5 Å². The third kappa shape index (κ3) is 5.07. The molecule has 1 aromatic carbocycles. The van der Waals surface area contributed by atoms with Crippen LogP contribution < -0.4 is 0 Å². The second-order valence-electron chi connectivity index (χ2n) is 8.64. The number of piperazine rings is 1. The molecule has 2 amide bonds. The minimum absolute atomic E-state index is 0.00924. The molecule has 3 rings (SSSR count). The maximum absolute atomic E-state index is 13.5.